The molecule has 3 aromatic carbocycles. The molecule has 39 heavy (non-hydrogen) atoms. The second-order valence-corrected chi connectivity index (χ2v) is 10.4. The lowest BCUT2D eigenvalue weighted by molar-refractivity contribution is -0.124. The van der Waals surface area contributed by atoms with Crippen molar-refractivity contribution < 1.29 is 19.4 Å². The standard InChI is InChI=1S/C32H27N3O4/c1-32(2)18-27(21-6-4-3-5-7-21)35(31(32)38)24-11-8-20(9-12-24)22-10-13-26(30(36)37)28(17-22)39-25-16-23-14-15-33-29(23)34-19-25/h3-17,19,27H,18H2,1-2H3,(H,33,34)(H,36,37). The summed E-state index contributed by atoms with van der Waals surface area (Å²) in [5.74, 6) is -0.316. The van der Waals surface area contributed by atoms with E-state index in [1.807, 2.05) is 73.3 Å². The van der Waals surface area contributed by atoms with Gasteiger partial charge in [0.2, 0.25) is 5.91 Å². The summed E-state index contributed by atoms with van der Waals surface area (Å²) in [5, 5.41) is 10.6. The first-order chi connectivity index (χ1) is 18.8. The third kappa shape index (κ3) is 4.52. The van der Waals surface area contributed by atoms with Crippen molar-refractivity contribution >= 4 is 28.6 Å². The maximum Gasteiger partial charge on any atom is 0.339 e. The molecule has 1 fully saturated rings. The molecule has 3 heterocycles. The second kappa shape index (κ2) is 9.44. The molecule has 1 aliphatic heterocycles. The van der Waals surface area contributed by atoms with Gasteiger partial charge in [-0.15, -0.1) is 0 Å². The number of anilines is 1. The number of hydrogen-bond acceptors (Lipinski definition) is 4. The number of aromatic carboxylic acids is 1. The predicted octanol–water partition coefficient (Wildman–Crippen LogP) is 7.22. The molecular weight excluding hydrogens is 490 g/mol. The highest BCUT2D eigenvalue weighted by Gasteiger charge is 2.46. The number of aromatic nitrogens is 2. The normalized spacial score (nSPS) is 16.5. The number of rotatable bonds is 6. The van der Waals surface area contributed by atoms with Crippen LogP contribution in [-0.2, 0) is 4.79 Å². The molecule has 2 N–H and O–H groups in total. The summed E-state index contributed by atoms with van der Waals surface area (Å²) in [5.41, 5.74) is 3.93. The van der Waals surface area contributed by atoms with Gasteiger partial charge in [0, 0.05) is 22.7 Å². The van der Waals surface area contributed by atoms with Crippen LogP contribution in [0, 0.1) is 5.41 Å². The minimum Gasteiger partial charge on any atom is -0.478 e. The number of amides is 1. The van der Waals surface area contributed by atoms with E-state index in [4.69, 9.17) is 4.74 Å². The van der Waals surface area contributed by atoms with E-state index >= 15 is 0 Å². The summed E-state index contributed by atoms with van der Waals surface area (Å²) in [6.45, 7) is 3.99. The van der Waals surface area contributed by atoms with E-state index in [1.165, 1.54) is 0 Å². The summed E-state index contributed by atoms with van der Waals surface area (Å²) in [6.07, 6.45) is 4.08. The van der Waals surface area contributed by atoms with E-state index < -0.39 is 11.4 Å². The summed E-state index contributed by atoms with van der Waals surface area (Å²) < 4.78 is 6.01. The molecule has 7 heteroatoms. The molecule has 0 aliphatic carbocycles. The quantitative estimate of drug-likeness (QED) is 0.248. The average molecular weight is 518 g/mol. The number of aromatic amines is 1. The maximum absolute atomic E-state index is 13.4. The number of ether oxygens (including phenoxy) is 1. The van der Waals surface area contributed by atoms with E-state index in [9.17, 15) is 14.7 Å². The van der Waals surface area contributed by atoms with Gasteiger partial charge >= 0.3 is 5.97 Å². The fourth-order valence-corrected chi connectivity index (χ4v) is 5.25. The van der Waals surface area contributed by atoms with Gasteiger partial charge in [-0.25, -0.2) is 9.78 Å². The van der Waals surface area contributed by atoms with Crippen molar-refractivity contribution in [2.75, 3.05) is 4.90 Å². The Morgan fingerprint density at radius 1 is 1.00 bits per heavy atom. The molecule has 0 saturated carbocycles. The highest BCUT2D eigenvalue weighted by atomic mass is 16.5. The number of benzene rings is 3. The van der Waals surface area contributed by atoms with Gasteiger partial charge in [-0.05, 0) is 59.5 Å². The largest absolute Gasteiger partial charge is 0.478 e. The maximum atomic E-state index is 13.4. The lowest BCUT2D eigenvalue weighted by atomic mass is 9.88. The summed E-state index contributed by atoms with van der Waals surface area (Å²) >= 11 is 0. The molecule has 0 spiro atoms. The van der Waals surface area contributed by atoms with Gasteiger partial charge < -0.3 is 19.7 Å². The first kappa shape index (κ1) is 24.4. The van der Waals surface area contributed by atoms with Crippen molar-refractivity contribution in [2.45, 2.75) is 26.3 Å². The van der Waals surface area contributed by atoms with E-state index in [1.54, 1.807) is 30.6 Å². The lowest BCUT2D eigenvalue weighted by Gasteiger charge is -2.26. The Hall–Kier alpha value is -4.91. The van der Waals surface area contributed by atoms with Gasteiger partial charge in [0.1, 0.15) is 22.7 Å². The first-order valence-corrected chi connectivity index (χ1v) is 12.8. The molecule has 1 unspecified atom stereocenters. The van der Waals surface area contributed by atoms with E-state index in [0.717, 1.165) is 39.8 Å². The van der Waals surface area contributed by atoms with Crippen molar-refractivity contribution in [2.24, 2.45) is 5.41 Å². The van der Waals surface area contributed by atoms with Crippen LogP contribution < -0.4 is 9.64 Å². The number of hydrogen-bond donors (Lipinski definition) is 2. The van der Waals surface area contributed by atoms with Crippen LogP contribution in [0.5, 0.6) is 11.5 Å². The first-order valence-electron chi connectivity index (χ1n) is 12.8. The number of pyridine rings is 1. The molecule has 0 radical (unpaired) electrons. The van der Waals surface area contributed by atoms with Gasteiger partial charge in [-0.2, -0.15) is 0 Å². The minimum absolute atomic E-state index is 0.0413. The zero-order chi connectivity index (χ0) is 27.1. The Kier molecular flexibility index (Phi) is 5.91. The highest BCUT2D eigenvalue weighted by Crippen LogP contribution is 2.46. The molecule has 1 aliphatic rings. The summed E-state index contributed by atoms with van der Waals surface area (Å²) in [7, 11) is 0. The van der Waals surface area contributed by atoms with Crippen molar-refractivity contribution in [1.29, 1.82) is 0 Å². The number of nitrogens with zero attached hydrogens (tertiary/aromatic N) is 2. The average Bonchev–Trinajstić information content (AvgIpc) is 3.50. The molecule has 5 aromatic rings. The Balaban J connectivity index is 1.32. The van der Waals surface area contributed by atoms with Gasteiger partial charge in [-0.1, -0.05) is 62.4 Å². The Bertz CT molecular complexity index is 1690. The molecule has 2 aromatic heterocycles. The van der Waals surface area contributed by atoms with E-state index in [-0.39, 0.29) is 23.3 Å². The summed E-state index contributed by atoms with van der Waals surface area (Å²) in [4.78, 5) is 34.6. The molecule has 6 rings (SSSR count). The van der Waals surface area contributed by atoms with Gasteiger partial charge in [0.25, 0.3) is 0 Å². The van der Waals surface area contributed by atoms with E-state index in [2.05, 4.69) is 22.1 Å². The Morgan fingerprint density at radius 3 is 2.49 bits per heavy atom. The number of carboxylic acids is 1. The van der Waals surface area contributed by atoms with Crippen molar-refractivity contribution in [1.82, 2.24) is 9.97 Å². The molecule has 194 valence electrons. The molecule has 1 atom stereocenters. The molecular formula is C32H27N3O4. The third-order valence-corrected chi connectivity index (χ3v) is 7.29. The Morgan fingerprint density at radius 2 is 1.74 bits per heavy atom. The number of carbonyl (C=O) groups is 2. The summed E-state index contributed by atoms with van der Waals surface area (Å²) in [6, 6.07) is 26.6. The van der Waals surface area contributed by atoms with Crippen LogP contribution in [0.25, 0.3) is 22.2 Å². The monoisotopic (exact) mass is 517 g/mol. The number of nitrogens with one attached hydrogen (secondary N) is 1. The molecule has 1 saturated heterocycles. The fourth-order valence-electron chi connectivity index (χ4n) is 5.25. The van der Waals surface area contributed by atoms with Crippen LogP contribution in [-0.4, -0.2) is 27.0 Å². The zero-order valence-electron chi connectivity index (χ0n) is 21.6. The van der Waals surface area contributed by atoms with Crippen LogP contribution in [0.1, 0.15) is 42.2 Å². The highest BCUT2D eigenvalue weighted by molar-refractivity contribution is 6.00. The van der Waals surface area contributed by atoms with Crippen molar-refractivity contribution in [3.8, 4) is 22.6 Å². The predicted molar refractivity (Wildman–Crippen MR) is 150 cm³/mol. The van der Waals surface area contributed by atoms with Crippen LogP contribution in [0.2, 0.25) is 0 Å². The van der Waals surface area contributed by atoms with Gasteiger partial charge in [-0.3, -0.25) is 4.79 Å². The lowest BCUT2D eigenvalue weighted by Crippen LogP contribution is -2.32. The van der Waals surface area contributed by atoms with Crippen LogP contribution in [0.4, 0.5) is 5.69 Å². The number of H-pyrrole nitrogens is 1. The van der Waals surface area contributed by atoms with Crippen LogP contribution >= 0.6 is 0 Å². The SMILES string of the molecule is CC1(C)CC(c2ccccc2)N(c2ccc(-c3ccc(C(=O)O)c(Oc4cnc5[nH]ccc5c4)c3)cc2)C1=O. The van der Waals surface area contributed by atoms with Crippen LogP contribution in [0.15, 0.2) is 97.3 Å². The third-order valence-electron chi connectivity index (χ3n) is 7.29. The fraction of sp³-hybridized carbons (Fsp3) is 0.156. The molecule has 7 nitrogen and oxygen atoms in total. The van der Waals surface area contributed by atoms with E-state index in [0.29, 0.717) is 5.75 Å². The topological polar surface area (TPSA) is 95.5 Å². The van der Waals surface area contributed by atoms with Gasteiger partial charge in [0.05, 0.1) is 12.2 Å². The Labute approximate surface area is 225 Å². The van der Waals surface area contributed by atoms with Crippen molar-refractivity contribution in [3.05, 3.63) is 108 Å². The zero-order valence-corrected chi connectivity index (χ0v) is 21.6. The molecule has 1 amide bonds. The van der Waals surface area contributed by atoms with Crippen LogP contribution in [0.3, 0.4) is 0 Å². The van der Waals surface area contributed by atoms with Gasteiger partial charge in [0.15, 0.2) is 0 Å². The number of carbonyl (C=O) groups excluding carboxylic acids is 1. The number of fused-ring (bicyclic) bond motifs is 1. The number of carboxylic acid groups (broad SMARTS) is 1. The van der Waals surface area contributed by atoms with Crippen molar-refractivity contribution in [3.63, 3.8) is 0 Å². The smallest absolute Gasteiger partial charge is 0.339 e. The minimum atomic E-state index is -1.08. The second-order valence-electron chi connectivity index (χ2n) is 10.4. The molecule has 0 bridgehead atoms.